The molecular weight excluding hydrogens is 1930 g/mol. The average Bonchev–Trinajstić information content (AvgIpc) is 0.717. The first kappa shape index (κ1) is 94.9. The lowest BCUT2D eigenvalue weighted by atomic mass is 9.64. The molecule has 1 saturated carbocycles. The number of ether oxygens (including phenoxy) is 5. The Morgan fingerprint density at radius 3 is 1.45 bits per heavy atom. The largest absolute Gasteiger partial charge is 0.508 e. The minimum atomic E-state index is -0.384. The summed E-state index contributed by atoms with van der Waals surface area (Å²) in [6.45, 7) is 43.8. The molecule has 0 radical (unpaired) electrons. The Labute approximate surface area is 771 Å². The average molecular weight is 2070 g/mol. The van der Waals surface area contributed by atoms with Crippen LogP contribution in [0.15, 0.2) is 120 Å². The first-order valence-corrected chi connectivity index (χ1v) is 50.0. The van der Waals surface area contributed by atoms with E-state index in [1.54, 1.807) is 0 Å². The molecule has 6 aromatic carbocycles. The van der Waals surface area contributed by atoms with Crippen LogP contribution >= 0.6 is 90.4 Å². The van der Waals surface area contributed by atoms with Crippen LogP contribution in [0, 0.1) is 30.6 Å². The monoisotopic (exact) mass is 2070 g/mol. The van der Waals surface area contributed by atoms with Crippen molar-refractivity contribution < 1.29 is 49.2 Å². The van der Waals surface area contributed by atoms with Crippen LogP contribution in [0.3, 0.4) is 0 Å². The summed E-state index contributed by atoms with van der Waals surface area (Å²) < 4.78 is 33.0. The van der Waals surface area contributed by atoms with Gasteiger partial charge in [-0.05, 0) is 306 Å². The second kappa shape index (κ2) is 39.4. The third-order valence-corrected chi connectivity index (χ3v) is 34.9. The van der Waals surface area contributed by atoms with Gasteiger partial charge < -0.3 is 49.2 Å². The summed E-state index contributed by atoms with van der Waals surface area (Å²) in [6, 6.07) is 26.9. The van der Waals surface area contributed by atoms with Gasteiger partial charge in [-0.15, -0.1) is 0 Å². The highest BCUT2D eigenvalue weighted by molar-refractivity contribution is 14.1. The number of phenols is 5. The molecule has 0 spiro atoms. The predicted molar refractivity (Wildman–Crippen MR) is 529 cm³/mol. The lowest BCUT2D eigenvalue weighted by molar-refractivity contribution is -0.00708. The molecule has 5 N–H and O–H groups in total. The van der Waals surface area contributed by atoms with E-state index in [1.807, 2.05) is 30.3 Å². The van der Waals surface area contributed by atoms with Crippen LogP contribution in [0.5, 0.6) is 57.5 Å². The van der Waals surface area contributed by atoms with Crippen LogP contribution in [0.4, 0.5) is 0 Å². The fraction of sp³-hybridized carbons (Fsp3) is 0.581. The first-order valence-electron chi connectivity index (χ1n) is 45.4. The van der Waals surface area contributed by atoms with Crippen molar-refractivity contribution in [3.63, 3.8) is 0 Å². The number of phenolic OH excluding ortho intramolecular Hbond substituents is 5. The molecule has 0 aromatic heterocycles. The highest BCUT2D eigenvalue weighted by atomic mass is 127. The maximum absolute atomic E-state index is 10.9. The molecule has 4 unspecified atom stereocenters. The van der Waals surface area contributed by atoms with Gasteiger partial charge >= 0.3 is 0 Å². The molecule has 1 fully saturated rings. The van der Waals surface area contributed by atoms with Crippen molar-refractivity contribution in [2.75, 3.05) is 0 Å². The van der Waals surface area contributed by atoms with Gasteiger partial charge in [0.1, 0.15) is 85.5 Å². The molecule has 0 amide bonds. The number of rotatable bonds is 20. The minimum Gasteiger partial charge on any atom is -0.508 e. The molecular formula is C105H142I4O10. The van der Waals surface area contributed by atoms with Crippen LogP contribution in [0.25, 0.3) is 16.7 Å². The van der Waals surface area contributed by atoms with Crippen molar-refractivity contribution in [1.29, 1.82) is 0 Å². The Hall–Kier alpha value is -4.80. The number of unbranched alkanes of at least 4 members (excludes halogenated alkanes) is 10. The third-order valence-electron chi connectivity index (χ3n) is 27.2. The van der Waals surface area contributed by atoms with Gasteiger partial charge in [-0.2, -0.15) is 0 Å². The molecule has 9 aliphatic rings. The van der Waals surface area contributed by atoms with E-state index in [9.17, 15) is 25.5 Å². The number of alkyl halides is 4. The molecule has 0 saturated heterocycles. The number of benzene rings is 6. The first-order chi connectivity index (χ1) is 56.1. The van der Waals surface area contributed by atoms with Gasteiger partial charge in [0.2, 0.25) is 0 Å². The van der Waals surface area contributed by atoms with Crippen molar-refractivity contribution >= 4 is 95.9 Å². The van der Waals surface area contributed by atoms with Crippen molar-refractivity contribution in [2.24, 2.45) is 23.7 Å². The van der Waals surface area contributed by atoms with Crippen LogP contribution in [0.2, 0.25) is 0 Å². The standard InChI is InChI=1S/C21H28I2O2.C21H30I2O2.C21H30O2.C21H28O2.C21H26O2/c1-5-6-7-8-14-9-16(24)19-17(10-14)25-20(3,4)18-11-15(22)13(2)12-21(18,19)23;1-5-6-7-8-13-11-15(24)18-16(12-13)25-20(2,3)14-9-10-21(4,23)19(22)17(14)18;3*1-5-6-7-8-15-12-18(22)20-16-11-14(2)9-10-17(16)21(3,4)23-19(20)13-15/h9-10,12,15,18,24H,5-8,11H2,1-4H3;11-12,14,17,19,24H,5-10H2,1-4H3;11-13,16-17,22H,5-10H2,1-4H3;9,11-13,17,22H,5-8,10H2,1-4H3;9-13,22H,5-8H2,1-4H3/t15?,18-,21?;14-,17-,19?,21?;16-,17-;17-;/m0111./s1. The molecule has 650 valence electrons. The van der Waals surface area contributed by atoms with Crippen LogP contribution in [-0.2, 0) is 41.1 Å². The summed E-state index contributed by atoms with van der Waals surface area (Å²) in [5.41, 5.74) is 18.2. The van der Waals surface area contributed by atoms with Gasteiger partial charge in [0.05, 0.1) is 20.1 Å². The second-order valence-electron chi connectivity index (χ2n) is 39.1. The molecule has 119 heavy (non-hydrogen) atoms. The number of hydrogen-bond donors (Lipinski definition) is 5. The molecule has 6 aromatic rings. The number of allylic oxidation sites excluding steroid dienone is 7. The number of aryl methyl sites for hydroxylation is 6. The molecule has 10 atom stereocenters. The molecule has 4 aliphatic carbocycles. The zero-order chi connectivity index (χ0) is 86.6. The Morgan fingerprint density at radius 2 is 0.916 bits per heavy atom. The summed E-state index contributed by atoms with van der Waals surface area (Å²) in [7, 11) is 0. The van der Waals surface area contributed by atoms with Gasteiger partial charge in [0.15, 0.2) is 0 Å². The van der Waals surface area contributed by atoms with Gasteiger partial charge in [0, 0.05) is 63.5 Å². The Kier molecular flexibility index (Phi) is 31.4. The van der Waals surface area contributed by atoms with Crippen molar-refractivity contribution in [2.45, 2.75) is 360 Å². The maximum atomic E-state index is 10.9. The van der Waals surface area contributed by atoms with E-state index in [0.29, 0.717) is 66.2 Å². The molecule has 5 heterocycles. The predicted octanol–water partition coefficient (Wildman–Crippen LogP) is 30.6. The van der Waals surface area contributed by atoms with E-state index >= 15 is 0 Å². The van der Waals surface area contributed by atoms with Crippen molar-refractivity contribution in [1.82, 2.24) is 0 Å². The molecule has 15 rings (SSSR count). The Bertz CT molecular complexity index is 4700. The topological polar surface area (TPSA) is 147 Å². The van der Waals surface area contributed by atoms with E-state index in [4.69, 9.17) is 23.7 Å². The van der Waals surface area contributed by atoms with Gasteiger partial charge in [-0.1, -0.05) is 254 Å². The van der Waals surface area contributed by atoms with Crippen molar-refractivity contribution in [3.8, 4) is 68.6 Å². The molecule has 10 nitrogen and oxygen atoms in total. The highest BCUT2D eigenvalue weighted by Gasteiger charge is 2.57. The zero-order valence-electron chi connectivity index (χ0n) is 75.6. The van der Waals surface area contributed by atoms with Crippen molar-refractivity contribution in [3.05, 3.63) is 181 Å². The summed E-state index contributed by atoms with van der Waals surface area (Å²) in [5, 5.41) is 53.8. The molecule has 14 heteroatoms. The van der Waals surface area contributed by atoms with E-state index in [0.717, 1.165) is 157 Å². The summed E-state index contributed by atoms with van der Waals surface area (Å²) in [5.74, 6) is 8.51. The lowest BCUT2D eigenvalue weighted by Gasteiger charge is -2.53. The number of aromatic hydroxyl groups is 5. The van der Waals surface area contributed by atoms with E-state index in [1.165, 1.54) is 134 Å². The quantitative estimate of drug-likeness (QED) is 0.0217. The summed E-state index contributed by atoms with van der Waals surface area (Å²) >= 11 is 10.4. The Morgan fingerprint density at radius 1 is 0.462 bits per heavy atom. The van der Waals surface area contributed by atoms with Gasteiger partial charge in [-0.25, -0.2) is 0 Å². The molecule has 0 bridgehead atoms. The van der Waals surface area contributed by atoms with E-state index in [-0.39, 0.29) is 40.8 Å². The minimum absolute atomic E-state index is 0.177. The summed E-state index contributed by atoms with van der Waals surface area (Å²) in [6.07, 6.45) is 38.9. The van der Waals surface area contributed by atoms with E-state index in [2.05, 4.69) is 302 Å². The van der Waals surface area contributed by atoms with Crippen LogP contribution in [0.1, 0.15) is 339 Å². The number of halogens is 4. The van der Waals surface area contributed by atoms with Gasteiger partial charge in [-0.3, -0.25) is 0 Å². The smallest absolute Gasteiger partial charge is 0.132 e. The fourth-order valence-corrected chi connectivity index (χ4v) is 25.1. The lowest BCUT2D eigenvalue weighted by Crippen LogP contribution is -2.53. The molecule has 5 aliphatic heterocycles. The fourth-order valence-electron chi connectivity index (χ4n) is 20.6. The third kappa shape index (κ3) is 21.5. The van der Waals surface area contributed by atoms with E-state index < -0.39 is 0 Å². The maximum Gasteiger partial charge on any atom is 0.132 e. The number of hydrogen-bond acceptors (Lipinski definition) is 10. The van der Waals surface area contributed by atoms with Crippen LogP contribution < -0.4 is 23.7 Å². The van der Waals surface area contributed by atoms with Gasteiger partial charge in [0.25, 0.3) is 0 Å². The Balaban J connectivity index is 0.000000146. The van der Waals surface area contributed by atoms with Crippen LogP contribution in [-0.4, -0.2) is 59.2 Å². The second-order valence-corrected chi connectivity index (χ2v) is 46.2. The summed E-state index contributed by atoms with van der Waals surface area (Å²) in [4.78, 5) is 0. The zero-order valence-corrected chi connectivity index (χ0v) is 84.2. The highest BCUT2D eigenvalue weighted by Crippen LogP contribution is 2.64. The normalized spacial score (nSPS) is 25.2. The SMILES string of the molecule is CCCCCc1cc(O)c2c(c1)OC(C)(C)[C@@H]1CC(I)C(C)=CC21I.CCCCCc1cc(O)c2c(c1)OC(C)(C)[C@@H]1CC=C(C)C=C21.CCCCCc1cc(O)c2c(c1)OC(C)(C)[C@@H]1CCC(C)(I)C(I)[C@@H]21.CCCCCc1cc(O)c2c(c1)OC(C)(C)[C@@H]1CCC(C)=C[C@@H]21.CCCCCc1cc(O)c2c(c1)OC(C)(C)c1ccc(C)cc1-2. The number of fused-ring (bicyclic) bond motifs is 15.